The summed E-state index contributed by atoms with van der Waals surface area (Å²) >= 11 is 0. The van der Waals surface area contributed by atoms with E-state index in [9.17, 15) is 4.79 Å². The van der Waals surface area contributed by atoms with E-state index in [0.717, 1.165) is 26.2 Å². The van der Waals surface area contributed by atoms with E-state index in [1.807, 2.05) is 18.7 Å². The highest BCUT2D eigenvalue weighted by molar-refractivity contribution is 5.85. The van der Waals surface area contributed by atoms with Crippen LogP contribution in [0.4, 0.5) is 5.69 Å². The molecule has 0 aromatic heterocycles. The van der Waals surface area contributed by atoms with E-state index in [4.69, 9.17) is 5.73 Å². The average molecular weight is 348 g/mol. The molecule has 6 heteroatoms. The lowest BCUT2D eigenvalue weighted by Crippen LogP contribution is -2.53. The van der Waals surface area contributed by atoms with E-state index in [1.54, 1.807) is 0 Å². The highest BCUT2D eigenvalue weighted by Gasteiger charge is 2.32. The van der Waals surface area contributed by atoms with Gasteiger partial charge in [0.1, 0.15) is 0 Å². The van der Waals surface area contributed by atoms with E-state index >= 15 is 0 Å². The van der Waals surface area contributed by atoms with Crippen molar-refractivity contribution in [2.45, 2.75) is 20.8 Å². The molecule has 1 aromatic rings. The van der Waals surface area contributed by atoms with Gasteiger partial charge >= 0.3 is 0 Å². The molecule has 0 saturated carbocycles. The molecular weight excluding hydrogens is 321 g/mol. The third kappa shape index (κ3) is 4.77. The number of amides is 1. The number of anilines is 1. The van der Waals surface area contributed by atoms with E-state index in [1.165, 1.54) is 11.3 Å². The molecule has 1 fully saturated rings. The molecule has 126 valence electrons. The Kier molecular flexibility index (Phi) is 8.23. The number of aryl methyl sites for hydroxylation is 1. The van der Waals surface area contributed by atoms with Gasteiger partial charge in [-0.15, -0.1) is 24.8 Å². The molecule has 1 amide bonds. The van der Waals surface area contributed by atoms with Crippen molar-refractivity contribution in [2.75, 3.05) is 37.6 Å². The molecule has 1 saturated heterocycles. The average Bonchev–Trinajstić information content (AvgIpc) is 2.46. The number of rotatable bonds is 3. The summed E-state index contributed by atoms with van der Waals surface area (Å²) in [5.41, 5.74) is 7.75. The number of hydrogen-bond donors (Lipinski definition) is 1. The summed E-state index contributed by atoms with van der Waals surface area (Å²) in [4.78, 5) is 16.7. The lowest BCUT2D eigenvalue weighted by Gasteiger charge is -2.39. The van der Waals surface area contributed by atoms with Gasteiger partial charge in [0.25, 0.3) is 0 Å². The number of carbonyl (C=O) groups excluding carboxylic acids is 1. The molecule has 0 radical (unpaired) electrons. The summed E-state index contributed by atoms with van der Waals surface area (Å²) in [5.74, 6) is 0.170. The first-order chi connectivity index (χ1) is 9.44. The largest absolute Gasteiger partial charge is 0.368 e. The normalized spacial score (nSPS) is 14.9. The molecule has 1 aromatic carbocycles. The van der Waals surface area contributed by atoms with Gasteiger partial charge in [0.2, 0.25) is 5.91 Å². The number of piperazine rings is 1. The second-order valence-electron chi connectivity index (χ2n) is 6.21. The fraction of sp³-hybridized carbons (Fsp3) is 0.562. The Balaban J connectivity index is 0.00000220. The molecule has 0 spiro atoms. The Morgan fingerprint density at radius 2 is 1.77 bits per heavy atom. The fourth-order valence-corrected chi connectivity index (χ4v) is 2.51. The van der Waals surface area contributed by atoms with Crippen molar-refractivity contribution in [2.24, 2.45) is 11.1 Å². The Morgan fingerprint density at radius 3 is 2.27 bits per heavy atom. The predicted octanol–water partition coefficient (Wildman–Crippen LogP) is 2.47. The quantitative estimate of drug-likeness (QED) is 0.913. The molecule has 1 heterocycles. The SMILES string of the molecule is Cc1cccc(N2CCN(C(=O)C(C)(C)CN)CC2)c1.Cl.Cl. The maximum absolute atomic E-state index is 12.4. The first kappa shape index (κ1) is 21.0. The van der Waals surface area contributed by atoms with Gasteiger partial charge < -0.3 is 15.5 Å². The fourth-order valence-electron chi connectivity index (χ4n) is 2.51. The zero-order valence-corrected chi connectivity index (χ0v) is 15.2. The van der Waals surface area contributed by atoms with Gasteiger partial charge in [-0.1, -0.05) is 12.1 Å². The van der Waals surface area contributed by atoms with Crippen LogP contribution < -0.4 is 10.6 Å². The third-order valence-corrected chi connectivity index (χ3v) is 4.02. The molecule has 22 heavy (non-hydrogen) atoms. The summed E-state index contributed by atoms with van der Waals surface area (Å²) in [6.45, 7) is 9.65. The topological polar surface area (TPSA) is 49.6 Å². The zero-order valence-electron chi connectivity index (χ0n) is 13.5. The number of benzene rings is 1. The minimum Gasteiger partial charge on any atom is -0.368 e. The highest BCUT2D eigenvalue weighted by atomic mass is 35.5. The van der Waals surface area contributed by atoms with Crippen LogP contribution in [0.2, 0.25) is 0 Å². The summed E-state index contributed by atoms with van der Waals surface area (Å²) in [5, 5.41) is 0. The standard InChI is InChI=1S/C16H25N3O.2ClH/c1-13-5-4-6-14(11-13)18-7-9-19(10-8-18)15(20)16(2,3)12-17;;/h4-6,11H,7-10,12,17H2,1-3H3;2*1H. The summed E-state index contributed by atoms with van der Waals surface area (Å²) in [6.07, 6.45) is 0. The molecule has 2 N–H and O–H groups in total. The van der Waals surface area contributed by atoms with Crippen LogP contribution in [0.15, 0.2) is 24.3 Å². The van der Waals surface area contributed by atoms with Crippen molar-refractivity contribution in [3.63, 3.8) is 0 Å². The number of hydrogen-bond acceptors (Lipinski definition) is 3. The van der Waals surface area contributed by atoms with Gasteiger partial charge in [0.15, 0.2) is 0 Å². The molecule has 2 rings (SSSR count). The monoisotopic (exact) mass is 347 g/mol. The molecule has 1 aliphatic rings. The van der Waals surface area contributed by atoms with Crippen LogP contribution in [0.25, 0.3) is 0 Å². The van der Waals surface area contributed by atoms with Crippen molar-refractivity contribution in [3.8, 4) is 0 Å². The molecule has 0 unspecified atom stereocenters. The van der Waals surface area contributed by atoms with Crippen LogP contribution in [0.1, 0.15) is 19.4 Å². The molecule has 0 aliphatic carbocycles. The van der Waals surface area contributed by atoms with Gasteiger partial charge in [-0.05, 0) is 38.5 Å². The molecular formula is C16H27Cl2N3O. The Hall–Kier alpha value is -0.970. The van der Waals surface area contributed by atoms with Crippen molar-refractivity contribution in [1.82, 2.24) is 4.90 Å². The van der Waals surface area contributed by atoms with Gasteiger partial charge in [-0.25, -0.2) is 0 Å². The van der Waals surface area contributed by atoms with E-state index < -0.39 is 5.41 Å². The lowest BCUT2D eigenvalue weighted by atomic mass is 9.91. The molecule has 0 atom stereocenters. The maximum Gasteiger partial charge on any atom is 0.229 e. The zero-order chi connectivity index (χ0) is 14.8. The smallest absolute Gasteiger partial charge is 0.229 e. The van der Waals surface area contributed by atoms with Crippen LogP contribution >= 0.6 is 24.8 Å². The van der Waals surface area contributed by atoms with E-state index in [-0.39, 0.29) is 30.7 Å². The summed E-state index contributed by atoms with van der Waals surface area (Å²) in [6, 6.07) is 8.52. The second-order valence-corrected chi connectivity index (χ2v) is 6.21. The highest BCUT2D eigenvalue weighted by Crippen LogP contribution is 2.21. The Bertz CT molecular complexity index is 486. The Labute approximate surface area is 145 Å². The van der Waals surface area contributed by atoms with Crippen molar-refractivity contribution in [1.29, 1.82) is 0 Å². The van der Waals surface area contributed by atoms with Gasteiger partial charge in [0.05, 0.1) is 5.41 Å². The molecule has 1 aliphatic heterocycles. The van der Waals surface area contributed by atoms with E-state index in [0.29, 0.717) is 6.54 Å². The van der Waals surface area contributed by atoms with Gasteiger partial charge in [0, 0.05) is 38.4 Å². The van der Waals surface area contributed by atoms with Gasteiger partial charge in [-0.2, -0.15) is 0 Å². The number of carbonyl (C=O) groups is 1. The van der Waals surface area contributed by atoms with Crippen LogP contribution in [0.3, 0.4) is 0 Å². The minimum atomic E-state index is -0.453. The summed E-state index contributed by atoms with van der Waals surface area (Å²) in [7, 11) is 0. The second kappa shape index (κ2) is 8.61. The van der Waals surface area contributed by atoms with E-state index in [2.05, 4.69) is 36.1 Å². The van der Waals surface area contributed by atoms with Crippen molar-refractivity contribution < 1.29 is 4.79 Å². The number of nitrogens with zero attached hydrogens (tertiary/aromatic N) is 2. The first-order valence-electron chi connectivity index (χ1n) is 7.25. The maximum atomic E-state index is 12.4. The summed E-state index contributed by atoms with van der Waals surface area (Å²) < 4.78 is 0. The molecule has 4 nitrogen and oxygen atoms in total. The number of nitrogens with two attached hydrogens (primary N) is 1. The van der Waals surface area contributed by atoms with Crippen LogP contribution in [-0.4, -0.2) is 43.5 Å². The first-order valence-corrected chi connectivity index (χ1v) is 7.25. The van der Waals surface area contributed by atoms with Crippen molar-refractivity contribution in [3.05, 3.63) is 29.8 Å². The number of halogens is 2. The molecule has 0 bridgehead atoms. The lowest BCUT2D eigenvalue weighted by molar-refractivity contribution is -0.140. The van der Waals surface area contributed by atoms with Crippen molar-refractivity contribution >= 4 is 36.4 Å². The Morgan fingerprint density at radius 1 is 1.18 bits per heavy atom. The van der Waals surface area contributed by atoms with Crippen LogP contribution in [-0.2, 0) is 4.79 Å². The van der Waals surface area contributed by atoms with Crippen LogP contribution in [0.5, 0.6) is 0 Å². The predicted molar refractivity (Wildman–Crippen MR) is 97.3 cm³/mol. The third-order valence-electron chi connectivity index (χ3n) is 4.02. The van der Waals surface area contributed by atoms with Crippen LogP contribution in [0, 0.1) is 12.3 Å². The minimum absolute atomic E-state index is 0. The van der Waals surface area contributed by atoms with Gasteiger partial charge in [-0.3, -0.25) is 4.79 Å².